The van der Waals surface area contributed by atoms with Gasteiger partial charge in [-0.3, -0.25) is 0 Å². The molecule has 2 aromatic carbocycles. The molecule has 2 atom stereocenters. The molecular weight excluding hydrogens is 234 g/mol. The monoisotopic (exact) mass is 255 g/mol. The van der Waals surface area contributed by atoms with Gasteiger partial charge in [-0.2, -0.15) is 0 Å². The van der Waals surface area contributed by atoms with Crippen LogP contribution < -0.4 is 10.1 Å². The quantitative estimate of drug-likeness (QED) is 0.882. The fraction of sp³-hybridized carbons (Fsp3) is 0.412. The summed E-state index contributed by atoms with van der Waals surface area (Å²) in [7, 11) is 1.77. The van der Waals surface area contributed by atoms with E-state index in [1.807, 2.05) is 0 Å². The Morgan fingerprint density at radius 1 is 1.21 bits per heavy atom. The third kappa shape index (κ3) is 2.33. The second-order valence-electron chi connectivity index (χ2n) is 5.31. The molecule has 2 heteroatoms. The number of hydrogen-bond acceptors (Lipinski definition) is 2. The van der Waals surface area contributed by atoms with Gasteiger partial charge in [-0.1, -0.05) is 37.3 Å². The van der Waals surface area contributed by atoms with Gasteiger partial charge < -0.3 is 10.1 Å². The highest BCUT2D eigenvalue weighted by Gasteiger charge is 2.40. The largest absolute Gasteiger partial charge is 0.496 e. The zero-order chi connectivity index (χ0) is 13.2. The van der Waals surface area contributed by atoms with E-state index in [4.69, 9.17) is 4.74 Å². The van der Waals surface area contributed by atoms with Crippen LogP contribution in [0.1, 0.15) is 24.8 Å². The van der Waals surface area contributed by atoms with Gasteiger partial charge >= 0.3 is 0 Å². The molecule has 0 radical (unpaired) electrons. The Kier molecular flexibility index (Phi) is 3.43. The van der Waals surface area contributed by atoms with Crippen molar-refractivity contribution < 1.29 is 4.74 Å². The Morgan fingerprint density at radius 3 is 2.84 bits per heavy atom. The molecule has 2 nitrogen and oxygen atoms in total. The molecule has 0 saturated heterocycles. The Morgan fingerprint density at radius 2 is 2.05 bits per heavy atom. The van der Waals surface area contributed by atoms with Crippen LogP contribution in [0.25, 0.3) is 10.8 Å². The highest BCUT2D eigenvalue weighted by atomic mass is 16.5. The minimum Gasteiger partial charge on any atom is -0.496 e. The van der Waals surface area contributed by atoms with Gasteiger partial charge in [-0.05, 0) is 48.2 Å². The highest BCUT2D eigenvalue weighted by Crippen LogP contribution is 2.52. The van der Waals surface area contributed by atoms with E-state index in [0.717, 1.165) is 24.8 Å². The summed E-state index contributed by atoms with van der Waals surface area (Å²) in [4.78, 5) is 0. The van der Waals surface area contributed by atoms with Crippen molar-refractivity contribution in [3.05, 3.63) is 42.0 Å². The topological polar surface area (TPSA) is 21.3 Å². The summed E-state index contributed by atoms with van der Waals surface area (Å²) in [5.74, 6) is 2.46. The first kappa shape index (κ1) is 12.5. The van der Waals surface area contributed by atoms with Crippen LogP contribution >= 0.6 is 0 Å². The maximum Gasteiger partial charge on any atom is 0.122 e. The average molecular weight is 255 g/mol. The standard InChI is InChI=1S/C17H21NO/c1-3-18-11-13-10-15(13)17-14-7-5-4-6-12(14)8-9-16(17)19-2/h4-9,13,15,18H,3,10-11H2,1-2H3. The average Bonchev–Trinajstić information content (AvgIpc) is 3.23. The number of hydrogen-bond donors (Lipinski definition) is 1. The number of ether oxygens (including phenoxy) is 1. The van der Waals surface area contributed by atoms with E-state index >= 15 is 0 Å². The fourth-order valence-corrected chi connectivity index (χ4v) is 2.99. The first-order chi connectivity index (χ1) is 9.35. The predicted molar refractivity (Wildman–Crippen MR) is 79.9 cm³/mol. The second kappa shape index (κ2) is 5.22. The molecular formula is C17H21NO. The second-order valence-corrected chi connectivity index (χ2v) is 5.31. The third-order valence-corrected chi connectivity index (χ3v) is 4.10. The first-order valence-corrected chi connectivity index (χ1v) is 7.11. The van der Waals surface area contributed by atoms with Gasteiger partial charge in [0.1, 0.15) is 5.75 Å². The van der Waals surface area contributed by atoms with Crippen LogP contribution in [0.3, 0.4) is 0 Å². The summed E-state index contributed by atoms with van der Waals surface area (Å²) in [5, 5.41) is 6.12. The molecule has 1 saturated carbocycles. The summed E-state index contributed by atoms with van der Waals surface area (Å²) in [5.41, 5.74) is 1.41. The Bertz CT molecular complexity index is 578. The van der Waals surface area contributed by atoms with E-state index < -0.39 is 0 Å². The van der Waals surface area contributed by atoms with E-state index in [-0.39, 0.29) is 0 Å². The van der Waals surface area contributed by atoms with Crippen LogP contribution in [-0.4, -0.2) is 20.2 Å². The zero-order valence-electron chi connectivity index (χ0n) is 11.6. The molecule has 19 heavy (non-hydrogen) atoms. The van der Waals surface area contributed by atoms with Crippen molar-refractivity contribution in [2.24, 2.45) is 5.92 Å². The Labute approximate surface area is 114 Å². The van der Waals surface area contributed by atoms with Crippen molar-refractivity contribution in [2.75, 3.05) is 20.2 Å². The van der Waals surface area contributed by atoms with Crippen molar-refractivity contribution >= 4 is 10.8 Å². The summed E-state index contributed by atoms with van der Waals surface area (Å²) in [6.07, 6.45) is 1.28. The smallest absolute Gasteiger partial charge is 0.122 e. The van der Waals surface area contributed by atoms with Crippen LogP contribution in [-0.2, 0) is 0 Å². The van der Waals surface area contributed by atoms with Gasteiger partial charge in [0.25, 0.3) is 0 Å². The lowest BCUT2D eigenvalue weighted by atomic mass is 9.99. The summed E-state index contributed by atoms with van der Waals surface area (Å²) in [6.45, 7) is 4.33. The highest BCUT2D eigenvalue weighted by molar-refractivity contribution is 5.88. The number of benzene rings is 2. The molecule has 2 unspecified atom stereocenters. The molecule has 100 valence electrons. The minimum atomic E-state index is 0.653. The molecule has 1 aliphatic rings. The lowest BCUT2D eigenvalue weighted by Crippen LogP contribution is -2.16. The lowest BCUT2D eigenvalue weighted by molar-refractivity contribution is 0.410. The molecule has 2 aromatic rings. The van der Waals surface area contributed by atoms with Crippen LogP contribution in [0.2, 0.25) is 0 Å². The van der Waals surface area contributed by atoms with Crippen LogP contribution in [0, 0.1) is 5.92 Å². The molecule has 1 aliphatic carbocycles. The van der Waals surface area contributed by atoms with Crippen LogP contribution in [0.4, 0.5) is 0 Å². The SMILES string of the molecule is CCNCC1CC1c1c(OC)ccc2ccccc12. The van der Waals surface area contributed by atoms with E-state index in [1.54, 1.807) is 7.11 Å². The fourth-order valence-electron chi connectivity index (χ4n) is 2.99. The number of rotatable bonds is 5. The van der Waals surface area contributed by atoms with Gasteiger partial charge in [-0.15, -0.1) is 0 Å². The van der Waals surface area contributed by atoms with Crippen molar-refractivity contribution in [3.8, 4) is 5.75 Å². The lowest BCUT2D eigenvalue weighted by Gasteiger charge is -2.12. The van der Waals surface area contributed by atoms with Crippen molar-refractivity contribution in [3.63, 3.8) is 0 Å². The normalized spacial score (nSPS) is 21.6. The Hall–Kier alpha value is -1.54. The molecule has 1 fully saturated rings. The molecule has 0 bridgehead atoms. The predicted octanol–water partition coefficient (Wildman–Crippen LogP) is 3.56. The van der Waals surface area contributed by atoms with Crippen LogP contribution in [0.15, 0.2) is 36.4 Å². The first-order valence-electron chi connectivity index (χ1n) is 7.11. The number of nitrogens with one attached hydrogen (secondary N) is 1. The molecule has 1 N–H and O–H groups in total. The van der Waals surface area contributed by atoms with Gasteiger partial charge in [0.15, 0.2) is 0 Å². The molecule has 0 heterocycles. The van der Waals surface area contributed by atoms with Crippen molar-refractivity contribution in [1.82, 2.24) is 5.32 Å². The molecule has 0 aliphatic heterocycles. The summed E-state index contributed by atoms with van der Waals surface area (Å²) >= 11 is 0. The maximum atomic E-state index is 5.59. The van der Waals surface area contributed by atoms with Crippen LogP contribution in [0.5, 0.6) is 5.75 Å². The molecule has 0 aromatic heterocycles. The van der Waals surface area contributed by atoms with E-state index in [9.17, 15) is 0 Å². The maximum absolute atomic E-state index is 5.59. The molecule has 0 amide bonds. The van der Waals surface area contributed by atoms with Gasteiger partial charge in [0.2, 0.25) is 0 Å². The summed E-state index contributed by atoms with van der Waals surface area (Å²) in [6, 6.07) is 12.9. The molecule has 0 spiro atoms. The van der Waals surface area contributed by atoms with Crippen molar-refractivity contribution in [2.45, 2.75) is 19.3 Å². The number of methoxy groups -OCH3 is 1. The van der Waals surface area contributed by atoms with Gasteiger partial charge in [0, 0.05) is 5.56 Å². The van der Waals surface area contributed by atoms with Gasteiger partial charge in [0.05, 0.1) is 7.11 Å². The third-order valence-electron chi connectivity index (χ3n) is 4.10. The Balaban J connectivity index is 1.97. The molecule has 3 rings (SSSR count). The zero-order valence-corrected chi connectivity index (χ0v) is 11.6. The van der Waals surface area contributed by atoms with Gasteiger partial charge in [-0.25, -0.2) is 0 Å². The summed E-state index contributed by atoms with van der Waals surface area (Å²) < 4.78 is 5.59. The number of fused-ring (bicyclic) bond motifs is 1. The van der Waals surface area contributed by atoms with Crippen molar-refractivity contribution in [1.29, 1.82) is 0 Å². The van der Waals surface area contributed by atoms with E-state index in [0.29, 0.717) is 5.92 Å². The van der Waals surface area contributed by atoms with E-state index in [2.05, 4.69) is 48.6 Å². The van der Waals surface area contributed by atoms with E-state index in [1.165, 1.54) is 22.8 Å². The minimum absolute atomic E-state index is 0.653.